The third-order valence-corrected chi connectivity index (χ3v) is 5.28. The number of carbonyl (C=O) groups is 6. The first-order valence-electron chi connectivity index (χ1n) is 14.5. The van der Waals surface area contributed by atoms with Crippen molar-refractivity contribution in [1.29, 1.82) is 31.6 Å². The number of hydrogen-bond acceptors (Lipinski definition) is 17. The minimum absolute atomic E-state index is 0.0272. The Balaban J connectivity index is 0. The molecule has 0 saturated carbocycles. The van der Waals surface area contributed by atoms with E-state index in [-0.39, 0.29) is 53.3 Å². The van der Waals surface area contributed by atoms with E-state index in [0.29, 0.717) is 12.8 Å². The van der Waals surface area contributed by atoms with Crippen molar-refractivity contribution in [2.45, 2.75) is 26.7 Å². The Hall–Kier alpha value is -8.12. The molecule has 53 heavy (non-hydrogen) atoms. The Kier molecular flexibility index (Phi) is 23.8. The number of nitriles is 6. The van der Waals surface area contributed by atoms with E-state index in [4.69, 9.17) is 41.0 Å². The van der Waals surface area contributed by atoms with Crippen LogP contribution in [-0.2, 0) is 52.5 Å². The second-order valence-electron chi connectivity index (χ2n) is 9.24. The SMILES string of the molecule is C=C(C#N)/C=C(\C#N)C(=O)OCCCCOC(=O)/C(C#N)=C/C(=C)C#N.C=C(C#N)/C=C(\C(=O)OCC)C(=O)OCOC(=O)/C(C#N)=C/C(=C)C(C)=O. The van der Waals surface area contributed by atoms with E-state index in [0.717, 1.165) is 24.3 Å². The van der Waals surface area contributed by atoms with Crippen molar-refractivity contribution >= 4 is 35.6 Å². The largest absolute Gasteiger partial charge is 0.462 e. The zero-order chi connectivity index (χ0) is 40.9. The summed E-state index contributed by atoms with van der Waals surface area (Å²) in [7, 11) is 0. The molecule has 0 aliphatic rings. The number of ether oxygens (including phenoxy) is 5. The first kappa shape index (κ1) is 47.0. The summed E-state index contributed by atoms with van der Waals surface area (Å²) in [5.41, 5.74) is -2.25. The fourth-order valence-corrected chi connectivity index (χ4v) is 2.70. The van der Waals surface area contributed by atoms with Gasteiger partial charge < -0.3 is 23.7 Å². The molecule has 0 heterocycles. The van der Waals surface area contributed by atoms with E-state index in [1.54, 1.807) is 30.3 Å². The molecule has 0 aromatic heterocycles. The predicted octanol–water partition coefficient (Wildman–Crippen LogP) is 3.11. The zero-order valence-electron chi connectivity index (χ0n) is 28.6. The van der Waals surface area contributed by atoms with Crippen LogP contribution >= 0.6 is 0 Å². The van der Waals surface area contributed by atoms with Gasteiger partial charge in [0.25, 0.3) is 0 Å². The third kappa shape index (κ3) is 20.1. The number of Topliss-reactive ketones (excluding diaryl/α,β-unsaturated/α-hetero) is 1. The molecule has 270 valence electrons. The molecular formula is C36H30N6O11. The number of allylic oxidation sites excluding steroid dienone is 8. The van der Waals surface area contributed by atoms with Crippen molar-refractivity contribution in [1.82, 2.24) is 0 Å². The number of esters is 5. The summed E-state index contributed by atoms with van der Waals surface area (Å²) in [4.78, 5) is 69.6. The van der Waals surface area contributed by atoms with Crippen LogP contribution in [-0.4, -0.2) is 62.2 Å². The van der Waals surface area contributed by atoms with Gasteiger partial charge in [-0.3, -0.25) is 4.79 Å². The van der Waals surface area contributed by atoms with E-state index >= 15 is 0 Å². The highest BCUT2D eigenvalue weighted by Crippen LogP contribution is 2.09. The molecule has 17 nitrogen and oxygen atoms in total. The van der Waals surface area contributed by atoms with Gasteiger partial charge >= 0.3 is 29.8 Å². The number of carbonyl (C=O) groups excluding carboxylic acids is 6. The molecule has 0 aliphatic carbocycles. The Bertz CT molecular complexity index is 1850. The monoisotopic (exact) mass is 722 g/mol. The second kappa shape index (κ2) is 26.8. The van der Waals surface area contributed by atoms with Crippen LogP contribution in [0.1, 0.15) is 26.7 Å². The van der Waals surface area contributed by atoms with E-state index in [1.165, 1.54) is 19.9 Å². The molecule has 0 radical (unpaired) electrons. The minimum Gasteiger partial charge on any atom is -0.462 e. The molecule has 17 heteroatoms. The Morgan fingerprint density at radius 3 is 1.25 bits per heavy atom. The van der Waals surface area contributed by atoms with Crippen LogP contribution in [0.5, 0.6) is 0 Å². The van der Waals surface area contributed by atoms with Gasteiger partial charge in [-0.05, 0) is 51.0 Å². The average Bonchev–Trinajstić information content (AvgIpc) is 3.14. The van der Waals surface area contributed by atoms with Crippen LogP contribution in [0.25, 0.3) is 0 Å². The fourth-order valence-electron chi connectivity index (χ4n) is 2.70. The summed E-state index contributed by atoms with van der Waals surface area (Å²) in [6.45, 7) is 15.0. The smallest absolute Gasteiger partial charge is 0.351 e. The van der Waals surface area contributed by atoms with Crippen LogP contribution < -0.4 is 0 Å². The molecule has 0 aliphatic heterocycles. The fraction of sp³-hybridized carbons (Fsp3) is 0.222. The number of ketones is 1. The summed E-state index contributed by atoms with van der Waals surface area (Å²) < 4.78 is 23.5. The summed E-state index contributed by atoms with van der Waals surface area (Å²) >= 11 is 0. The molecule has 0 spiro atoms. The van der Waals surface area contributed by atoms with Crippen molar-refractivity contribution in [3.8, 4) is 36.4 Å². The summed E-state index contributed by atoms with van der Waals surface area (Å²) in [5, 5.41) is 52.3. The van der Waals surface area contributed by atoms with E-state index in [1.807, 2.05) is 0 Å². The van der Waals surface area contributed by atoms with Crippen molar-refractivity contribution in [2.75, 3.05) is 26.6 Å². The Labute approximate surface area is 304 Å². The van der Waals surface area contributed by atoms with Gasteiger partial charge in [0.05, 0.1) is 38.0 Å². The Morgan fingerprint density at radius 2 is 0.868 bits per heavy atom. The van der Waals surface area contributed by atoms with Gasteiger partial charge in [0.1, 0.15) is 40.5 Å². The normalized spacial score (nSPS) is 10.5. The predicted molar refractivity (Wildman–Crippen MR) is 178 cm³/mol. The van der Waals surface area contributed by atoms with Gasteiger partial charge in [0, 0.05) is 22.3 Å². The summed E-state index contributed by atoms with van der Waals surface area (Å²) in [5.74, 6) is -5.68. The topological polar surface area (TPSA) is 291 Å². The van der Waals surface area contributed by atoms with E-state index < -0.39 is 53.6 Å². The summed E-state index contributed by atoms with van der Waals surface area (Å²) in [6, 6.07) is 9.72. The minimum atomic E-state index is -1.23. The lowest BCUT2D eigenvalue weighted by molar-refractivity contribution is -0.162. The molecule has 0 aromatic rings. The van der Waals surface area contributed by atoms with Crippen molar-refractivity contribution in [3.05, 3.63) is 95.2 Å². The van der Waals surface area contributed by atoms with Gasteiger partial charge in [-0.15, -0.1) is 0 Å². The van der Waals surface area contributed by atoms with Gasteiger partial charge in [-0.25, -0.2) is 24.0 Å². The van der Waals surface area contributed by atoms with Crippen LogP contribution in [0, 0.1) is 68.0 Å². The van der Waals surface area contributed by atoms with Crippen molar-refractivity contribution in [3.63, 3.8) is 0 Å². The number of nitrogens with zero attached hydrogens (tertiary/aromatic N) is 6. The molecule has 0 bridgehead atoms. The third-order valence-electron chi connectivity index (χ3n) is 5.28. The highest BCUT2D eigenvalue weighted by molar-refractivity contribution is 6.14. The number of hydrogen-bond donors (Lipinski definition) is 0. The highest BCUT2D eigenvalue weighted by Gasteiger charge is 2.23. The first-order chi connectivity index (χ1) is 25.1. The van der Waals surface area contributed by atoms with Gasteiger partial charge in [0.2, 0.25) is 6.79 Å². The maximum Gasteiger partial charge on any atom is 0.351 e. The van der Waals surface area contributed by atoms with E-state index in [9.17, 15) is 28.8 Å². The highest BCUT2D eigenvalue weighted by atomic mass is 16.7. The quantitative estimate of drug-likeness (QED) is 0.0226. The maximum atomic E-state index is 11.9. The molecule has 0 rings (SSSR count). The van der Waals surface area contributed by atoms with Gasteiger partial charge in [-0.1, -0.05) is 26.3 Å². The molecular weight excluding hydrogens is 692 g/mol. The molecule has 0 unspecified atom stereocenters. The molecule has 0 amide bonds. The van der Waals surface area contributed by atoms with Gasteiger partial charge in [0.15, 0.2) is 5.78 Å². The van der Waals surface area contributed by atoms with E-state index in [2.05, 4.69) is 40.5 Å². The van der Waals surface area contributed by atoms with Crippen LogP contribution in [0.15, 0.2) is 95.2 Å². The lowest BCUT2D eigenvalue weighted by atomic mass is 10.1. The van der Waals surface area contributed by atoms with Crippen molar-refractivity contribution in [2.24, 2.45) is 0 Å². The second-order valence-corrected chi connectivity index (χ2v) is 9.24. The lowest BCUT2D eigenvalue weighted by Gasteiger charge is -2.08. The number of rotatable bonds is 18. The molecule has 0 saturated heterocycles. The Morgan fingerprint density at radius 1 is 0.509 bits per heavy atom. The van der Waals surface area contributed by atoms with Gasteiger partial charge in [-0.2, -0.15) is 31.6 Å². The molecule has 0 N–H and O–H groups in total. The first-order valence-corrected chi connectivity index (χ1v) is 14.5. The molecule has 0 fully saturated rings. The van der Waals surface area contributed by atoms with Crippen molar-refractivity contribution < 1.29 is 52.5 Å². The standard InChI is InChI=1S/C18H14N4O4.C18H16N2O7/c1-13(9-19)7-15(11-21)17(23)25-5-3-4-6-26-18(24)16(12-22)8-14(2)10-20;1-5-25-17(23)15(6-11(2)8-19)18(24)27-10-26-16(22)14(9-20)7-12(3)13(4)21/h7-8H,1-6H2;6-7H,2-3,5,10H2,1,4H3/b15-7+,16-8+;14-7+,15-6+. The molecule has 0 atom stereocenters. The van der Waals surface area contributed by atoms with Crippen LogP contribution in [0.3, 0.4) is 0 Å². The average molecular weight is 723 g/mol. The summed E-state index contributed by atoms with van der Waals surface area (Å²) in [6.07, 6.45) is 4.51. The van der Waals surface area contributed by atoms with Crippen LogP contribution in [0.2, 0.25) is 0 Å². The lowest BCUT2D eigenvalue weighted by Crippen LogP contribution is -2.21. The molecule has 0 aromatic carbocycles. The number of unbranched alkanes of at least 4 members (excludes halogenated alkanes) is 1. The van der Waals surface area contributed by atoms with Crippen LogP contribution in [0.4, 0.5) is 0 Å². The zero-order valence-corrected chi connectivity index (χ0v) is 28.6. The maximum absolute atomic E-state index is 11.9.